The van der Waals surface area contributed by atoms with Crippen molar-refractivity contribution in [2.45, 2.75) is 18.7 Å². The first kappa shape index (κ1) is 10.4. The molecule has 0 aliphatic carbocycles. The van der Waals surface area contributed by atoms with E-state index in [1.54, 1.807) is 14.2 Å². The molecule has 0 aliphatic rings. The van der Waals surface area contributed by atoms with E-state index in [0.717, 1.165) is 10.6 Å². The van der Waals surface area contributed by atoms with Crippen molar-refractivity contribution in [2.75, 3.05) is 14.2 Å². The van der Waals surface area contributed by atoms with Gasteiger partial charge in [-0.2, -0.15) is 0 Å². The van der Waals surface area contributed by atoms with Crippen molar-refractivity contribution in [3.05, 3.63) is 23.3 Å². The van der Waals surface area contributed by atoms with Crippen LogP contribution in [-0.2, 0) is 4.18 Å². The highest BCUT2D eigenvalue weighted by Gasteiger charge is 2.05. The molecule has 3 heteroatoms. The first-order valence-corrected chi connectivity index (χ1v) is 4.79. The minimum Gasteiger partial charge on any atom is -0.495 e. The Morgan fingerprint density at radius 1 is 1.08 bits per heavy atom. The summed E-state index contributed by atoms with van der Waals surface area (Å²) in [6, 6.07) is 4.10. The van der Waals surface area contributed by atoms with Crippen molar-refractivity contribution in [3.8, 4) is 5.75 Å². The summed E-state index contributed by atoms with van der Waals surface area (Å²) in [7, 11) is 3.32. The van der Waals surface area contributed by atoms with Crippen LogP contribution < -0.4 is 4.74 Å². The molecular formula is C10H14O2S. The molecule has 0 radical (unpaired) electrons. The molecule has 0 fully saturated rings. The highest BCUT2D eigenvalue weighted by atomic mass is 32.2. The molecule has 0 aliphatic heterocycles. The summed E-state index contributed by atoms with van der Waals surface area (Å²) in [6.45, 7) is 4.15. The van der Waals surface area contributed by atoms with Crippen LogP contribution in [0.4, 0.5) is 0 Å². The Morgan fingerprint density at radius 3 is 2.23 bits per heavy atom. The van der Waals surface area contributed by atoms with Gasteiger partial charge in [-0.05, 0) is 37.1 Å². The number of hydrogen-bond acceptors (Lipinski definition) is 3. The fraction of sp³-hybridized carbons (Fsp3) is 0.400. The molecule has 0 heterocycles. The molecule has 1 rings (SSSR count). The third-order valence-corrected chi connectivity index (χ3v) is 2.62. The van der Waals surface area contributed by atoms with E-state index < -0.39 is 0 Å². The molecule has 0 saturated carbocycles. The van der Waals surface area contributed by atoms with Gasteiger partial charge in [-0.15, -0.1) is 0 Å². The van der Waals surface area contributed by atoms with Crippen molar-refractivity contribution in [2.24, 2.45) is 0 Å². The quantitative estimate of drug-likeness (QED) is 0.696. The predicted molar refractivity (Wildman–Crippen MR) is 55.3 cm³/mol. The van der Waals surface area contributed by atoms with Crippen LogP contribution in [-0.4, -0.2) is 14.2 Å². The van der Waals surface area contributed by atoms with Crippen LogP contribution in [0.5, 0.6) is 5.75 Å². The second kappa shape index (κ2) is 4.53. The Kier molecular flexibility index (Phi) is 3.63. The van der Waals surface area contributed by atoms with Crippen molar-refractivity contribution in [1.82, 2.24) is 0 Å². The molecule has 0 bridgehead atoms. The molecule has 2 nitrogen and oxygen atoms in total. The number of ether oxygens (including phenoxy) is 1. The Bertz CT molecular complexity index is 297. The summed E-state index contributed by atoms with van der Waals surface area (Å²) in [4.78, 5) is 1.02. The number of hydrogen-bond donors (Lipinski definition) is 0. The van der Waals surface area contributed by atoms with Crippen LogP contribution in [0.15, 0.2) is 17.0 Å². The Labute approximate surface area is 83.5 Å². The fourth-order valence-electron chi connectivity index (χ4n) is 1.08. The lowest BCUT2D eigenvalue weighted by atomic mass is 10.1. The fourth-order valence-corrected chi connectivity index (χ4v) is 1.71. The summed E-state index contributed by atoms with van der Waals surface area (Å²) in [5, 5.41) is 0. The van der Waals surface area contributed by atoms with Gasteiger partial charge in [0, 0.05) is 12.0 Å². The minimum atomic E-state index is 0.870. The van der Waals surface area contributed by atoms with E-state index in [1.807, 2.05) is 6.07 Å². The molecule has 0 N–H and O–H groups in total. The number of methoxy groups -OCH3 is 1. The monoisotopic (exact) mass is 198 g/mol. The van der Waals surface area contributed by atoms with Crippen LogP contribution in [0.2, 0.25) is 0 Å². The van der Waals surface area contributed by atoms with E-state index >= 15 is 0 Å². The molecular weight excluding hydrogens is 184 g/mol. The largest absolute Gasteiger partial charge is 0.495 e. The maximum absolute atomic E-state index is 5.23. The average Bonchev–Trinajstić information content (AvgIpc) is 2.11. The average molecular weight is 198 g/mol. The van der Waals surface area contributed by atoms with E-state index in [9.17, 15) is 0 Å². The maximum atomic E-state index is 5.23. The highest BCUT2D eigenvalue weighted by Crippen LogP contribution is 2.31. The van der Waals surface area contributed by atoms with Gasteiger partial charge in [-0.3, -0.25) is 0 Å². The number of aryl methyl sites for hydroxylation is 2. The second-order valence-corrected chi connectivity index (χ2v) is 3.78. The van der Waals surface area contributed by atoms with E-state index in [-0.39, 0.29) is 0 Å². The van der Waals surface area contributed by atoms with Crippen molar-refractivity contribution in [1.29, 1.82) is 0 Å². The van der Waals surface area contributed by atoms with Crippen molar-refractivity contribution < 1.29 is 8.92 Å². The second-order valence-electron chi connectivity index (χ2n) is 2.84. The molecule has 0 spiro atoms. The third-order valence-electron chi connectivity index (χ3n) is 1.95. The molecule has 1 aromatic carbocycles. The van der Waals surface area contributed by atoms with Crippen LogP contribution in [0.3, 0.4) is 0 Å². The van der Waals surface area contributed by atoms with E-state index in [1.165, 1.54) is 23.2 Å². The van der Waals surface area contributed by atoms with Crippen LogP contribution in [0.1, 0.15) is 11.1 Å². The highest BCUT2D eigenvalue weighted by molar-refractivity contribution is 7.94. The Hall–Kier alpha value is -0.670. The Morgan fingerprint density at radius 2 is 1.69 bits per heavy atom. The van der Waals surface area contributed by atoms with E-state index in [2.05, 4.69) is 19.9 Å². The SMILES string of the molecule is COSc1cc(C)c(C)cc1OC. The zero-order valence-corrected chi connectivity index (χ0v) is 9.20. The summed E-state index contributed by atoms with van der Waals surface area (Å²) >= 11 is 1.32. The zero-order chi connectivity index (χ0) is 9.84. The first-order chi connectivity index (χ1) is 6.19. The molecule has 13 heavy (non-hydrogen) atoms. The molecule has 1 aromatic rings. The lowest BCUT2D eigenvalue weighted by molar-refractivity contribution is 0.401. The molecule has 0 saturated heterocycles. The number of benzene rings is 1. The van der Waals surface area contributed by atoms with Gasteiger partial charge in [0.05, 0.1) is 19.1 Å². The van der Waals surface area contributed by atoms with Crippen molar-refractivity contribution >= 4 is 12.0 Å². The summed E-state index contributed by atoms with van der Waals surface area (Å²) in [5.74, 6) is 0.870. The van der Waals surface area contributed by atoms with Gasteiger partial charge in [0.1, 0.15) is 5.75 Å². The molecule has 0 amide bonds. The van der Waals surface area contributed by atoms with Gasteiger partial charge in [0.2, 0.25) is 0 Å². The van der Waals surface area contributed by atoms with Crippen LogP contribution in [0.25, 0.3) is 0 Å². The smallest absolute Gasteiger partial charge is 0.135 e. The zero-order valence-electron chi connectivity index (χ0n) is 8.38. The van der Waals surface area contributed by atoms with Gasteiger partial charge < -0.3 is 8.92 Å². The Balaban J connectivity index is 3.09. The van der Waals surface area contributed by atoms with Crippen molar-refractivity contribution in [3.63, 3.8) is 0 Å². The van der Waals surface area contributed by atoms with Gasteiger partial charge >= 0.3 is 0 Å². The van der Waals surface area contributed by atoms with Gasteiger partial charge in [0.25, 0.3) is 0 Å². The minimum absolute atomic E-state index is 0.870. The van der Waals surface area contributed by atoms with Crippen LogP contribution in [0, 0.1) is 13.8 Å². The summed E-state index contributed by atoms with van der Waals surface area (Å²) in [6.07, 6.45) is 0. The normalized spacial score (nSPS) is 10.2. The maximum Gasteiger partial charge on any atom is 0.135 e. The lowest BCUT2D eigenvalue weighted by Gasteiger charge is -2.09. The first-order valence-electron chi connectivity index (χ1n) is 4.05. The van der Waals surface area contributed by atoms with Gasteiger partial charge in [-0.25, -0.2) is 0 Å². The van der Waals surface area contributed by atoms with Gasteiger partial charge in [-0.1, -0.05) is 0 Å². The van der Waals surface area contributed by atoms with E-state index in [0.29, 0.717) is 0 Å². The lowest BCUT2D eigenvalue weighted by Crippen LogP contribution is -1.90. The predicted octanol–water partition coefficient (Wildman–Crippen LogP) is 2.97. The van der Waals surface area contributed by atoms with E-state index in [4.69, 9.17) is 8.92 Å². The molecule has 0 aromatic heterocycles. The summed E-state index contributed by atoms with van der Waals surface area (Å²) < 4.78 is 10.2. The summed E-state index contributed by atoms with van der Waals surface area (Å²) in [5.41, 5.74) is 2.48. The third kappa shape index (κ3) is 2.39. The standard InChI is InChI=1S/C10H14O2S/c1-7-5-9(11-3)10(13-12-4)6-8(7)2/h5-6H,1-4H3. The number of rotatable bonds is 3. The van der Waals surface area contributed by atoms with Gasteiger partial charge in [0.15, 0.2) is 0 Å². The molecule has 0 unspecified atom stereocenters. The molecule has 72 valence electrons. The molecule has 0 atom stereocenters. The topological polar surface area (TPSA) is 18.5 Å². The van der Waals surface area contributed by atoms with Crippen LogP contribution >= 0.6 is 12.0 Å².